The molecule has 7 heteroatoms. The van der Waals surface area contributed by atoms with Gasteiger partial charge in [-0.15, -0.1) is 0 Å². The van der Waals surface area contributed by atoms with Crippen LogP contribution in [-0.2, 0) is 13.1 Å². The highest BCUT2D eigenvalue weighted by Gasteiger charge is 2.17. The molecule has 0 spiro atoms. The molecule has 3 aromatic rings. The number of rotatable bonds is 5. The van der Waals surface area contributed by atoms with Crippen molar-refractivity contribution in [3.05, 3.63) is 59.3 Å². The Morgan fingerprint density at radius 2 is 2.04 bits per heavy atom. The third-order valence-corrected chi connectivity index (χ3v) is 4.07. The van der Waals surface area contributed by atoms with Gasteiger partial charge in [-0.3, -0.25) is 14.6 Å². The van der Waals surface area contributed by atoms with Crippen molar-refractivity contribution in [2.24, 2.45) is 0 Å². The van der Waals surface area contributed by atoms with Crippen LogP contribution in [0.5, 0.6) is 0 Å². The number of H-pyrrole nitrogens is 1. The fourth-order valence-electron chi connectivity index (χ4n) is 2.61. The molecule has 0 aliphatic heterocycles. The molecule has 1 amide bonds. The number of aryl methyl sites for hydroxylation is 2. The molecule has 2 aromatic heterocycles. The van der Waals surface area contributed by atoms with E-state index >= 15 is 0 Å². The number of aromatic amines is 1. The fraction of sp³-hybridized carbons (Fsp3) is 0.278. The van der Waals surface area contributed by atoms with Gasteiger partial charge < -0.3 is 4.90 Å². The number of benzene rings is 1. The first kappa shape index (κ1) is 16.9. The predicted octanol–water partition coefficient (Wildman–Crippen LogP) is 3.01. The highest BCUT2D eigenvalue weighted by molar-refractivity contribution is 5.93. The van der Waals surface area contributed by atoms with Gasteiger partial charge in [0.05, 0.1) is 11.4 Å². The lowest BCUT2D eigenvalue weighted by molar-refractivity contribution is 0.0779. The minimum Gasteiger partial charge on any atom is -0.336 e. The monoisotopic (exact) mass is 341 g/mol. The van der Waals surface area contributed by atoms with Crippen molar-refractivity contribution < 1.29 is 9.18 Å². The van der Waals surface area contributed by atoms with Gasteiger partial charge in [0.25, 0.3) is 5.91 Å². The van der Waals surface area contributed by atoms with Gasteiger partial charge >= 0.3 is 0 Å². The summed E-state index contributed by atoms with van der Waals surface area (Å²) in [5.74, 6) is -0.470. The van der Waals surface area contributed by atoms with Crippen LogP contribution >= 0.6 is 0 Å². The number of hydrogen-bond acceptors (Lipinski definition) is 3. The Bertz CT molecular complexity index is 881. The zero-order valence-corrected chi connectivity index (χ0v) is 14.5. The molecule has 6 nitrogen and oxygen atoms in total. The summed E-state index contributed by atoms with van der Waals surface area (Å²) in [5.41, 5.74) is 3.67. The van der Waals surface area contributed by atoms with E-state index in [1.54, 1.807) is 30.1 Å². The molecule has 0 atom stereocenters. The number of aromatic nitrogens is 4. The summed E-state index contributed by atoms with van der Waals surface area (Å²) in [5, 5.41) is 11.3. The molecule has 130 valence electrons. The standard InChI is InChI=1S/C18H20FN5O/c1-4-24-11-14(12(2)22-24)10-23(3)18(25)17-9-16(20-21-17)13-5-7-15(19)8-6-13/h5-9,11H,4,10H2,1-3H3,(H,20,21). The number of amides is 1. The number of hydrogen-bond donors (Lipinski definition) is 1. The highest BCUT2D eigenvalue weighted by Crippen LogP contribution is 2.19. The molecular weight excluding hydrogens is 321 g/mol. The van der Waals surface area contributed by atoms with Crippen LogP contribution in [0.2, 0.25) is 0 Å². The highest BCUT2D eigenvalue weighted by atomic mass is 19.1. The third kappa shape index (κ3) is 3.60. The Morgan fingerprint density at radius 3 is 2.68 bits per heavy atom. The van der Waals surface area contributed by atoms with Gasteiger partial charge in [0, 0.05) is 37.5 Å². The maximum absolute atomic E-state index is 13.0. The molecule has 0 unspecified atom stereocenters. The number of carbonyl (C=O) groups excluding carboxylic acids is 1. The smallest absolute Gasteiger partial charge is 0.271 e. The number of nitrogens with one attached hydrogen (secondary N) is 1. The Hall–Kier alpha value is -2.96. The average Bonchev–Trinajstić information content (AvgIpc) is 3.22. The van der Waals surface area contributed by atoms with E-state index in [2.05, 4.69) is 15.3 Å². The van der Waals surface area contributed by atoms with Crippen molar-refractivity contribution in [3.8, 4) is 11.3 Å². The SMILES string of the molecule is CCn1cc(CN(C)C(=O)c2cc(-c3ccc(F)cc3)n[nH]2)c(C)n1. The maximum atomic E-state index is 13.0. The van der Waals surface area contributed by atoms with Crippen LogP contribution in [0, 0.1) is 12.7 Å². The Labute approximate surface area is 145 Å². The minimum atomic E-state index is -0.307. The van der Waals surface area contributed by atoms with Gasteiger partial charge in [0.1, 0.15) is 11.5 Å². The quantitative estimate of drug-likeness (QED) is 0.776. The summed E-state index contributed by atoms with van der Waals surface area (Å²) in [6, 6.07) is 7.67. The first-order valence-electron chi connectivity index (χ1n) is 8.07. The second kappa shape index (κ2) is 6.88. The number of halogens is 1. The van der Waals surface area contributed by atoms with Crippen molar-refractivity contribution in [3.63, 3.8) is 0 Å². The molecule has 0 bridgehead atoms. The van der Waals surface area contributed by atoms with E-state index in [1.165, 1.54) is 12.1 Å². The number of nitrogens with zero attached hydrogens (tertiary/aromatic N) is 4. The first-order valence-corrected chi connectivity index (χ1v) is 8.07. The lowest BCUT2D eigenvalue weighted by Crippen LogP contribution is -2.26. The molecule has 0 radical (unpaired) electrons. The summed E-state index contributed by atoms with van der Waals surface area (Å²) >= 11 is 0. The Kier molecular flexibility index (Phi) is 4.65. The van der Waals surface area contributed by atoms with Crippen LogP contribution in [-0.4, -0.2) is 37.8 Å². The molecule has 1 N–H and O–H groups in total. The minimum absolute atomic E-state index is 0.162. The van der Waals surface area contributed by atoms with Gasteiger partial charge in [-0.2, -0.15) is 10.2 Å². The van der Waals surface area contributed by atoms with E-state index in [4.69, 9.17) is 0 Å². The lowest BCUT2D eigenvalue weighted by atomic mass is 10.1. The Balaban J connectivity index is 1.74. The first-order chi connectivity index (χ1) is 12.0. The number of carbonyl (C=O) groups is 1. The van der Waals surface area contributed by atoms with E-state index in [0.717, 1.165) is 23.4 Å². The largest absolute Gasteiger partial charge is 0.336 e. The summed E-state index contributed by atoms with van der Waals surface area (Å²) in [6.45, 7) is 5.21. The topological polar surface area (TPSA) is 66.8 Å². The van der Waals surface area contributed by atoms with Gasteiger partial charge in [0.2, 0.25) is 0 Å². The normalized spacial score (nSPS) is 10.9. The van der Waals surface area contributed by atoms with Crippen LogP contribution in [0.4, 0.5) is 4.39 Å². The zero-order chi connectivity index (χ0) is 18.0. The average molecular weight is 341 g/mol. The van der Waals surface area contributed by atoms with Crippen molar-refractivity contribution in [1.82, 2.24) is 24.9 Å². The lowest BCUT2D eigenvalue weighted by Gasteiger charge is -2.15. The van der Waals surface area contributed by atoms with Gasteiger partial charge in [-0.05, 0) is 44.2 Å². The predicted molar refractivity (Wildman–Crippen MR) is 92.4 cm³/mol. The summed E-state index contributed by atoms with van der Waals surface area (Å²) < 4.78 is 14.9. The Morgan fingerprint density at radius 1 is 1.32 bits per heavy atom. The van der Waals surface area contributed by atoms with Crippen LogP contribution < -0.4 is 0 Å². The van der Waals surface area contributed by atoms with Crippen LogP contribution in [0.15, 0.2) is 36.5 Å². The zero-order valence-electron chi connectivity index (χ0n) is 14.5. The van der Waals surface area contributed by atoms with Crippen LogP contribution in [0.25, 0.3) is 11.3 Å². The van der Waals surface area contributed by atoms with Crippen molar-refractivity contribution in [2.75, 3.05) is 7.05 Å². The van der Waals surface area contributed by atoms with Crippen molar-refractivity contribution in [2.45, 2.75) is 26.9 Å². The second-order valence-electron chi connectivity index (χ2n) is 5.93. The summed E-state index contributed by atoms with van der Waals surface area (Å²) in [4.78, 5) is 14.2. The van der Waals surface area contributed by atoms with Crippen LogP contribution in [0.3, 0.4) is 0 Å². The molecule has 2 heterocycles. The van der Waals surface area contributed by atoms with E-state index < -0.39 is 0 Å². The van der Waals surface area contributed by atoms with Gasteiger partial charge in [-0.25, -0.2) is 4.39 Å². The van der Waals surface area contributed by atoms with E-state index in [-0.39, 0.29) is 11.7 Å². The molecular formula is C18H20FN5O. The third-order valence-electron chi connectivity index (χ3n) is 4.07. The van der Waals surface area contributed by atoms with Gasteiger partial charge in [0.15, 0.2) is 0 Å². The summed E-state index contributed by atoms with van der Waals surface area (Å²) in [6.07, 6.45) is 1.95. The second-order valence-corrected chi connectivity index (χ2v) is 5.93. The van der Waals surface area contributed by atoms with Gasteiger partial charge in [-0.1, -0.05) is 0 Å². The van der Waals surface area contributed by atoms with E-state index in [1.807, 2.05) is 24.7 Å². The van der Waals surface area contributed by atoms with Crippen molar-refractivity contribution >= 4 is 5.91 Å². The molecule has 0 aliphatic carbocycles. The van der Waals surface area contributed by atoms with E-state index in [9.17, 15) is 9.18 Å². The fourth-order valence-corrected chi connectivity index (χ4v) is 2.61. The molecule has 1 aromatic carbocycles. The molecule has 0 fully saturated rings. The van der Waals surface area contributed by atoms with Crippen LogP contribution in [0.1, 0.15) is 28.7 Å². The van der Waals surface area contributed by atoms with Crippen molar-refractivity contribution in [1.29, 1.82) is 0 Å². The molecule has 3 rings (SSSR count). The maximum Gasteiger partial charge on any atom is 0.271 e. The summed E-state index contributed by atoms with van der Waals surface area (Å²) in [7, 11) is 1.74. The molecule has 0 aliphatic rings. The molecule has 25 heavy (non-hydrogen) atoms. The van der Waals surface area contributed by atoms with E-state index in [0.29, 0.717) is 17.9 Å². The molecule has 0 saturated carbocycles. The molecule has 0 saturated heterocycles.